The summed E-state index contributed by atoms with van der Waals surface area (Å²) in [4.78, 5) is 9.43. The number of hydrogen-bond acceptors (Lipinski definition) is 5. The predicted molar refractivity (Wildman–Crippen MR) is 135 cm³/mol. The third-order valence-corrected chi connectivity index (χ3v) is 6.25. The van der Waals surface area contributed by atoms with E-state index in [0.717, 1.165) is 60.4 Å². The summed E-state index contributed by atoms with van der Waals surface area (Å²) in [5, 5.41) is 11.0. The first-order valence-corrected chi connectivity index (χ1v) is 12.0. The molecule has 1 aromatic rings. The molecule has 0 amide bonds. The summed E-state index contributed by atoms with van der Waals surface area (Å²) in [5.41, 5.74) is 1.72. The summed E-state index contributed by atoms with van der Waals surface area (Å²) in [7, 11) is 0. The number of aromatic nitrogens is 1. The zero-order chi connectivity index (χ0) is 23.8. The fourth-order valence-corrected chi connectivity index (χ4v) is 3.85. The summed E-state index contributed by atoms with van der Waals surface area (Å²) in [6.45, 7) is 8.75. The van der Waals surface area contributed by atoms with Crippen molar-refractivity contribution in [1.29, 1.82) is 0 Å². The van der Waals surface area contributed by atoms with E-state index in [2.05, 4.69) is 23.2 Å². The number of ether oxygens (including phenoxy) is 1. The summed E-state index contributed by atoms with van der Waals surface area (Å²) in [6.07, 6.45) is 19.2. The van der Waals surface area contributed by atoms with Crippen LogP contribution in [-0.4, -0.2) is 34.6 Å². The molecule has 0 spiro atoms. The largest absolute Gasteiger partial charge is 0.445 e. The van der Waals surface area contributed by atoms with Crippen molar-refractivity contribution in [3.63, 3.8) is 0 Å². The van der Waals surface area contributed by atoms with Gasteiger partial charge in [-0.25, -0.2) is 4.98 Å². The zero-order valence-electron chi connectivity index (χ0n) is 20.1. The summed E-state index contributed by atoms with van der Waals surface area (Å²) in [5.74, 6) is 1.82. The number of rotatable bonds is 8. The highest BCUT2D eigenvalue weighted by Crippen LogP contribution is 2.33. The molecule has 1 N–H and O–H groups in total. The number of aliphatic hydroxyl groups is 1. The molecule has 178 valence electrons. The van der Waals surface area contributed by atoms with Crippen molar-refractivity contribution < 1.29 is 14.3 Å². The Hall–Kier alpha value is -2.21. The van der Waals surface area contributed by atoms with E-state index in [9.17, 15) is 5.11 Å². The predicted octanol–water partition coefficient (Wildman–Crippen LogP) is 6.53. The molecular formula is C27H35ClN2O3. The SMILES string of the molecule is C/C=C\C(C=CN=C(C)C(C)(C)O)c1nc(C2CCOCC2)oc1CC1=CC=C(Cl)CC=C1. The molecule has 2 aliphatic rings. The first-order chi connectivity index (χ1) is 15.8. The van der Waals surface area contributed by atoms with Gasteiger partial charge in [-0.2, -0.15) is 0 Å². The first kappa shape index (κ1) is 25.4. The lowest BCUT2D eigenvalue weighted by molar-refractivity contribution is 0.0792. The van der Waals surface area contributed by atoms with Crippen molar-refractivity contribution in [2.24, 2.45) is 4.99 Å². The third kappa shape index (κ3) is 7.39. The first-order valence-electron chi connectivity index (χ1n) is 11.6. The average Bonchev–Trinajstić information content (AvgIpc) is 3.09. The monoisotopic (exact) mass is 470 g/mol. The second kappa shape index (κ2) is 11.8. The van der Waals surface area contributed by atoms with E-state index in [1.54, 1.807) is 20.0 Å². The highest BCUT2D eigenvalue weighted by molar-refractivity contribution is 6.29. The lowest BCUT2D eigenvalue weighted by atomic mass is 9.99. The van der Waals surface area contributed by atoms with Crippen LogP contribution < -0.4 is 0 Å². The van der Waals surface area contributed by atoms with Crippen molar-refractivity contribution >= 4 is 17.3 Å². The fourth-order valence-electron chi connectivity index (χ4n) is 3.70. The Balaban J connectivity index is 1.96. The van der Waals surface area contributed by atoms with Crippen LogP contribution in [0.15, 0.2) is 68.7 Å². The second-order valence-corrected chi connectivity index (χ2v) is 9.54. The molecule has 1 aliphatic carbocycles. The lowest BCUT2D eigenvalue weighted by Gasteiger charge is -2.18. The lowest BCUT2D eigenvalue weighted by Crippen LogP contribution is -2.28. The highest BCUT2D eigenvalue weighted by Gasteiger charge is 2.26. The average molecular weight is 471 g/mol. The van der Waals surface area contributed by atoms with Crippen molar-refractivity contribution in [3.8, 4) is 0 Å². The maximum Gasteiger partial charge on any atom is 0.197 e. The van der Waals surface area contributed by atoms with E-state index in [1.165, 1.54) is 0 Å². The van der Waals surface area contributed by atoms with Crippen molar-refractivity contribution in [3.05, 3.63) is 76.7 Å². The Bertz CT molecular complexity index is 983. The van der Waals surface area contributed by atoms with Gasteiger partial charge in [-0.3, -0.25) is 4.99 Å². The minimum atomic E-state index is -0.956. The standard InChI is InChI=1S/C27H35ClN2O3/c1-5-7-21(12-15-29-19(2)27(3,4)31)25-24(18-20-8-6-9-23(28)11-10-20)33-26(30-25)22-13-16-32-17-14-22/h5-8,10-12,15,21-22,31H,9,13-14,16-18H2,1-4H3/b7-5-,15-12?,29-19?. The third-order valence-electron chi connectivity index (χ3n) is 5.96. The molecule has 33 heavy (non-hydrogen) atoms. The van der Waals surface area contributed by atoms with Gasteiger partial charge in [0.2, 0.25) is 0 Å². The van der Waals surface area contributed by atoms with Crippen molar-refractivity contribution in [2.45, 2.75) is 70.8 Å². The summed E-state index contributed by atoms with van der Waals surface area (Å²) in [6, 6.07) is 0. The topological polar surface area (TPSA) is 67.9 Å². The molecule has 0 saturated carbocycles. The Kier molecular flexibility index (Phi) is 9.07. The second-order valence-electron chi connectivity index (χ2n) is 9.05. The molecule has 1 aromatic heterocycles. The molecular weight excluding hydrogens is 436 g/mol. The van der Waals surface area contributed by atoms with Crippen LogP contribution in [0, 0.1) is 0 Å². The molecule has 2 heterocycles. The van der Waals surface area contributed by atoms with E-state index >= 15 is 0 Å². The van der Waals surface area contributed by atoms with Gasteiger partial charge in [0.05, 0.1) is 11.3 Å². The van der Waals surface area contributed by atoms with E-state index in [0.29, 0.717) is 12.1 Å². The van der Waals surface area contributed by atoms with Crippen molar-refractivity contribution in [2.75, 3.05) is 13.2 Å². The maximum absolute atomic E-state index is 10.1. The van der Waals surface area contributed by atoms with Gasteiger partial charge in [0.1, 0.15) is 5.76 Å². The minimum Gasteiger partial charge on any atom is -0.445 e. The van der Waals surface area contributed by atoms with Gasteiger partial charge in [-0.1, -0.05) is 48.1 Å². The van der Waals surface area contributed by atoms with Crippen molar-refractivity contribution in [1.82, 2.24) is 4.98 Å². The van der Waals surface area contributed by atoms with Gasteiger partial charge in [0.25, 0.3) is 0 Å². The Morgan fingerprint density at radius 2 is 2.06 bits per heavy atom. The number of aliphatic imine (C=N–C) groups is 1. The molecule has 1 atom stereocenters. The molecule has 0 aromatic carbocycles. The summed E-state index contributed by atoms with van der Waals surface area (Å²) < 4.78 is 11.9. The Labute approximate surface area is 202 Å². The molecule has 6 heteroatoms. The molecule has 1 saturated heterocycles. The quantitative estimate of drug-likeness (QED) is 0.346. The number of halogens is 1. The fraction of sp³-hybridized carbons (Fsp3) is 0.481. The van der Waals surface area contributed by atoms with Crippen LogP contribution >= 0.6 is 11.6 Å². The Morgan fingerprint density at radius 1 is 1.30 bits per heavy atom. The van der Waals surface area contributed by atoms with Gasteiger partial charge >= 0.3 is 0 Å². The molecule has 5 nitrogen and oxygen atoms in total. The minimum absolute atomic E-state index is 0.0878. The number of hydrogen-bond donors (Lipinski definition) is 1. The van der Waals surface area contributed by atoms with Crippen LogP contribution in [0.4, 0.5) is 0 Å². The summed E-state index contributed by atoms with van der Waals surface area (Å²) >= 11 is 6.20. The normalized spacial score (nSPS) is 19.8. The zero-order valence-corrected chi connectivity index (χ0v) is 20.8. The smallest absolute Gasteiger partial charge is 0.197 e. The van der Waals surface area contributed by atoms with E-state index in [1.807, 2.05) is 38.2 Å². The van der Waals surface area contributed by atoms with Crippen LogP contribution in [0.25, 0.3) is 0 Å². The van der Waals surface area contributed by atoms with Gasteiger partial charge in [-0.05, 0) is 52.2 Å². The molecule has 3 rings (SSSR count). The van der Waals surface area contributed by atoms with E-state index < -0.39 is 5.60 Å². The molecule has 1 aliphatic heterocycles. The van der Waals surface area contributed by atoms with Gasteiger partial charge in [0, 0.05) is 54.8 Å². The van der Waals surface area contributed by atoms with Gasteiger partial charge in [0.15, 0.2) is 5.89 Å². The van der Waals surface area contributed by atoms with Crippen LogP contribution in [0.5, 0.6) is 0 Å². The van der Waals surface area contributed by atoms with E-state index in [4.69, 9.17) is 25.7 Å². The maximum atomic E-state index is 10.1. The van der Waals surface area contributed by atoms with E-state index in [-0.39, 0.29) is 11.8 Å². The molecule has 0 bridgehead atoms. The molecule has 1 fully saturated rings. The number of nitrogens with zero attached hydrogens (tertiary/aromatic N) is 2. The Morgan fingerprint density at radius 3 is 2.76 bits per heavy atom. The molecule has 0 radical (unpaired) electrons. The van der Waals surface area contributed by atoms with Gasteiger partial charge in [-0.15, -0.1) is 0 Å². The number of oxazole rings is 1. The highest BCUT2D eigenvalue weighted by atomic mass is 35.5. The van der Waals surface area contributed by atoms with Crippen LogP contribution in [0.3, 0.4) is 0 Å². The number of allylic oxidation sites excluding steroid dienone is 9. The van der Waals surface area contributed by atoms with Crippen LogP contribution in [-0.2, 0) is 11.2 Å². The van der Waals surface area contributed by atoms with Crippen LogP contribution in [0.2, 0.25) is 0 Å². The van der Waals surface area contributed by atoms with Crippen LogP contribution in [0.1, 0.15) is 76.1 Å². The van der Waals surface area contributed by atoms with Gasteiger partial charge < -0.3 is 14.3 Å². The molecule has 1 unspecified atom stereocenters.